The first-order chi connectivity index (χ1) is 5.53. The lowest BCUT2D eigenvalue weighted by Gasteiger charge is -2.39. The van der Waals surface area contributed by atoms with Gasteiger partial charge in [0, 0.05) is 5.41 Å². The van der Waals surface area contributed by atoms with E-state index >= 15 is 0 Å². The van der Waals surface area contributed by atoms with E-state index in [0.29, 0.717) is 5.92 Å². The van der Waals surface area contributed by atoms with Gasteiger partial charge in [-0.3, -0.25) is 0 Å². The minimum Gasteiger partial charge on any atom is -0.303 e. The van der Waals surface area contributed by atoms with Crippen LogP contribution in [0.3, 0.4) is 0 Å². The summed E-state index contributed by atoms with van der Waals surface area (Å²) in [7, 11) is 0. The average Bonchev–Trinajstić information content (AvgIpc) is 2.53. The fraction of sp³-hybridized carbons (Fsp3) is 0.727. The number of allylic oxidation sites excluding steroid dienone is 1. The van der Waals surface area contributed by atoms with Crippen molar-refractivity contribution in [3.63, 3.8) is 0 Å². The van der Waals surface area contributed by atoms with Crippen LogP contribution in [0.1, 0.15) is 33.1 Å². The van der Waals surface area contributed by atoms with Gasteiger partial charge >= 0.3 is 0 Å². The molecule has 0 aromatic rings. The lowest BCUT2D eigenvalue weighted by Crippen LogP contribution is -2.35. The van der Waals surface area contributed by atoms with Crippen LogP contribution >= 0.6 is 0 Å². The smallest absolute Gasteiger partial charge is 0.127 e. The summed E-state index contributed by atoms with van der Waals surface area (Å²) in [6, 6.07) is 0. The molecule has 12 heavy (non-hydrogen) atoms. The van der Waals surface area contributed by atoms with Crippen LogP contribution in [0, 0.1) is 16.7 Å². The quantitative estimate of drug-likeness (QED) is 0.430. The number of rotatable bonds is 1. The molecular weight excluding hydrogens is 148 g/mol. The van der Waals surface area contributed by atoms with E-state index in [9.17, 15) is 4.79 Å². The molecule has 2 aliphatic rings. The maximum absolute atomic E-state index is 11.1. The highest BCUT2D eigenvalue weighted by molar-refractivity contribution is 5.65. The summed E-state index contributed by atoms with van der Waals surface area (Å²) in [6.45, 7) is 8.46. The van der Waals surface area contributed by atoms with Crippen LogP contribution in [0.4, 0.5) is 0 Å². The number of fused-ring (bicyclic) bond motifs is 2. The van der Waals surface area contributed by atoms with Crippen LogP contribution in [0.15, 0.2) is 12.2 Å². The third-order valence-corrected chi connectivity index (χ3v) is 4.32. The third kappa shape index (κ3) is 0.634. The molecule has 0 aliphatic heterocycles. The van der Waals surface area contributed by atoms with Gasteiger partial charge in [-0.25, -0.2) is 0 Å². The molecule has 0 aromatic carbocycles. The fourth-order valence-electron chi connectivity index (χ4n) is 3.03. The summed E-state index contributed by atoms with van der Waals surface area (Å²) >= 11 is 0. The molecular formula is C11H16O. The number of carbonyl (C=O) groups is 1. The number of aldehydes is 1. The second-order valence-electron chi connectivity index (χ2n) is 4.86. The fourth-order valence-corrected chi connectivity index (χ4v) is 3.03. The van der Waals surface area contributed by atoms with Crippen LogP contribution in [-0.4, -0.2) is 6.29 Å². The van der Waals surface area contributed by atoms with Gasteiger partial charge in [0.05, 0.1) is 0 Å². The standard InChI is InChI=1S/C11H16O/c1-8-9-4-5-11(6-9,7-12)10(8,2)3/h7,9H,1,4-6H2,2-3H3/t9-,11+/m0/s1. The average molecular weight is 164 g/mol. The molecule has 2 bridgehead atoms. The Morgan fingerprint density at radius 3 is 2.58 bits per heavy atom. The van der Waals surface area contributed by atoms with Crippen LogP contribution in [-0.2, 0) is 4.79 Å². The minimum atomic E-state index is -0.0608. The molecule has 0 spiro atoms. The Bertz CT molecular complexity index is 252. The monoisotopic (exact) mass is 164 g/mol. The Kier molecular flexibility index (Phi) is 1.35. The largest absolute Gasteiger partial charge is 0.303 e. The summed E-state index contributed by atoms with van der Waals surface area (Å²) < 4.78 is 0. The molecule has 66 valence electrons. The van der Waals surface area contributed by atoms with E-state index in [1.54, 1.807) is 0 Å². The topological polar surface area (TPSA) is 17.1 Å². The second kappa shape index (κ2) is 2.01. The molecule has 2 saturated carbocycles. The summed E-state index contributed by atoms with van der Waals surface area (Å²) in [4.78, 5) is 11.1. The number of hydrogen-bond donors (Lipinski definition) is 0. The van der Waals surface area contributed by atoms with Crippen LogP contribution in [0.2, 0.25) is 0 Å². The van der Waals surface area contributed by atoms with Gasteiger partial charge in [0.1, 0.15) is 6.29 Å². The van der Waals surface area contributed by atoms with Crippen molar-refractivity contribution in [2.75, 3.05) is 0 Å². The number of hydrogen-bond acceptors (Lipinski definition) is 1. The summed E-state index contributed by atoms with van der Waals surface area (Å²) in [5.74, 6) is 0.630. The molecule has 2 rings (SSSR count). The van der Waals surface area contributed by atoms with E-state index < -0.39 is 0 Å². The van der Waals surface area contributed by atoms with Crippen molar-refractivity contribution in [2.24, 2.45) is 16.7 Å². The normalized spacial score (nSPS) is 43.5. The van der Waals surface area contributed by atoms with E-state index in [1.165, 1.54) is 18.3 Å². The van der Waals surface area contributed by atoms with Crippen molar-refractivity contribution in [3.8, 4) is 0 Å². The van der Waals surface area contributed by atoms with E-state index in [1.807, 2.05) is 0 Å². The highest BCUT2D eigenvalue weighted by Gasteiger charge is 2.58. The van der Waals surface area contributed by atoms with Gasteiger partial charge in [0.15, 0.2) is 0 Å². The SMILES string of the molecule is C=C1[C@H]2CC[C@](C=O)(C2)C1(C)C. The second-order valence-corrected chi connectivity index (χ2v) is 4.86. The molecule has 0 radical (unpaired) electrons. The van der Waals surface area contributed by atoms with E-state index in [0.717, 1.165) is 12.8 Å². The lowest BCUT2D eigenvalue weighted by molar-refractivity contribution is -0.119. The summed E-state index contributed by atoms with van der Waals surface area (Å²) in [5.41, 5.74) is 1.30. The van der Waals surface area contributed by atoms with Crippen molar-refractivity contribution < 1.29 is 4.79 Å². The van der Waals surface area contributed by atoms with Crippen molar-refractivity contribution in [1.82, 2.24) is 0 Å². The molecule has 2 atom stereocenters. The molecule has 2 aliphatic carbocycles. The molecule has 0 amide bonds. The molecule has 0 heterocycles. The summed E-state index contributed by atoms with van der Waals surface area (Å²) in [5, 5.41) is 0. The Labute approximate surface area is 73.8 Å². The Balaban J connectivity index is 2.48. The van der Waals surface area contributed by atoms with Gasteiger partial charge < -0.3 is 4.79 Å². The predicted octanol–water partition coefficient (Wildman–Crippen LogP) is 2.57. The van der Waals surface area contributed by atoms with Gasteiger partial charge in [0.25, 0.3) is 0 Å². The maximum Gasteiger partial charge on any atom is 0.127 e. The van der Waals surface area contributed by atoms with E-state index in [2.05, 4.69) is 20.4 Å². The lowest BCUT2D eigenvalue weighted by atomic mass is 9.64. The Morgan fingerprint density at radius 1 is 1.58 bits per heavy atom. The molecule has 1 nitrogen and oxygen atoms in total. The van der Waals surface area contributed by atoms with Crippen molar-refractivity contribution in [2.45, 2.75) is 33.1 Å². The van der Waals surface area contributed by atoms with Gasteiger partial charge in [-0.1, -0.05) is 26.0 Å². The molecule has 0 aromatic heterocycles. The van der Waals surface area contributed by atoms with Crippen molar-refractivity contribution in [1.29, 1.82) is 0 Å². The van der Waals surface area contributed by atoms with Crippen LogP contribution < -0.4 is 0 Å². The van der Waals surface area contributed by atoms with Crippen LogP contribution in [0.25, 0.3) is 0 Å². The van der Waals surface area contributed by atoms with Gasteiger partial charge in [-0.15, -0.1) is 0 Å². The maximum atomic E-state index is 11.1. The van der Waals surface area contributed by atoms with E-state index in [4.69, 9.17) is 0 Å². The van der Waals surface area contributed by atoms with Gasteiger partial charge in [0.2, 0.25) is 0 Å². The highest BCUT2D eigenvalue weighted by atomic mass is 16.1. The molecule has 0 unspecified atom stereocenters. The summed E-state index contributed by atoms with van der Waals surface area (Å²) in [6.07, 6.45) is 4.50. The first-order valence-corrected chi connectivity index (χ1v) is 4.69. The first kappa shape index (κ1) is 8.03. The number of carbonyl (C=O) groups excluding carboxylic acids is 1. The van der Waals surface area contributed by atoms with Crippen molar-refractivity contribution in [3.05, 3.63) is 12.2 Å². The van der Waals surface area contributed by atoms with Gasteiger partial charge in [-0.05, 0) is 30.6 Å². The molecule has 2 fully saturated rings. The van der Waals surface area contributed by atoms with Crippen LogP contribution in [0.5, 0.6) is 0 Å². The Morgan fingerprint density at radius 2 is 2.25 bits per heavy atom. The minimum absolute atomic E-state index is 0.0532. The first-order valence-electron chi connectivity index (χ1n) is 4.69. The highest BCUT2D eigenvalue weighted by Crippen LogP contribution is 2.65. The molecule has 0 saturated heterocycles. The third-order valence-electron chi connectivity index (χ3n) is 4.32. The van der Waals surface area contributed by atoms with Crippen molar-refractivity contribution >= 4 is 6.29 Å². The predicted molar refractivity (Wildman–Crippen MR) is 48.8 cm³/mol. The Hall–Kier alpha value is -0.590. The molecule has 0 N–H and O–H groups in total. The zero-order valence-electron chi connectivity index (χ0n) is 7.89. The van der Waals surface area contributed by atoms with Gasteiger partial charge in [-0.2, -0.15) is 0 Å². The zero-order chi connectivity index (χ0) is 8.98. The zero-order valence-corrected chi connectivity index (χ0v) is 7.89. The van der Waals surface area contributed by atoms with E-state index in [-0.39, 0.29) is 10.8 Å². The molecule has 1 heteroatoms.